The summed E-state index contributed by atoms with van der Waals surface area (Å²) in [6, 6.07) is 0. The first-order chi connectivity index (χ1) is 7.97. The Morgan fingerprint density at radius 2 is 1.82 bits per heavy atom. The maximum absolute atomic E-state index is 11.7. The number of carbonyl (C=O) groups is 1. The highest BCUT2D eigenvalue weighted by atomic mass is 16.2. The lowest BCUT2D eigenvalue weighted by molar-refractivity contribution is -0.130. The van der Waals surface area contributed by atoms with Crippen LogP contribution in [0.2, 0.25) is 0 Å². The summed E-state index contributed by atoms with van der Waals surface area (Å²) in [6.45, 7) is 7.77. The molecule has 0 spiro atoms. The predicted molar refractivity (Wildman–Crippen MR) is 72.9 cm³/mol. The number of hydrogen-bond donors (Lipinski definition) is 1. The van der Waals surface area contributed by atoms with Crippen molar-refractivity contribution in [1.82, 2.24) is 9.80 Å². The van der Waals surface area contributed by atoms with Crippen molar-refractivity contribution in [2.24, 2.45) is 11.7 Å². The number of hydrogen-bond acceptors (Lipinski definition) is 3. The Labute approximate surface area is 106 Å². The molecule has 0 aliphatic heterocycles. The highest BCUT2D eigenvalue weighted by Gasteiger charge is 2.09. The van der Waals surface area contributed by atoms with E-state index < -0.39 is 0 Å². The van der Waals surface area contributed by atoms with Crippen LogP contribution in [0.1, 0.15) is 33.1 Å². The van der Waals surface area contributed by atoms with Crippen molar-refractivity contribution in [3.8, 4) is 0 Å². The van der Waals surface area contributed by atoms with E-state index in [1.807, 2.05) is 7.05 Å². The van der Waals surface area contributed by atoms with Gasteiger partial charge in [-0.05, 0) is 38.9 Å². The molecule has 0 atom stereocenters. The molecule has 17 heavy (non-hydrogen) atoms. The molecule has 4 nitrogen and oxygen atoms in total. The first kappa shape index (κ1) is 16.4. The maximum atomic E-state index is 11.7. The quantitative estimate of drug-likeness (QED) is 0.661. The molecule has 0 radical (unpaired) electrons. The van der Waals surface area contributed by atoms with Crippen LogP contribution in [0.5, 0.6) is 0 Å². The van der Waals surface area contributed by atoms with Crippen molar-refractivity contribution < 1.29 is 4.79 Å². The van der Waals surface area contributed by atoms with Crippen LogP contribution in [-0.2, 0) is 4.79 Å². The summed E-state index contributed by atoms with van der Waals surface area (Å²) in [7, 11) is 3.93. The summed E-state index contributed by atoms with van der Waals surface area (Å²) in [5, 5.41) is 0. The first-order valence-electron chi connectivity index (χ1n) is 6.60. The second-order valence-electron chi connectivity index (χ2n) is 5.19. The number of nitrogens with zero attached hydrogens (tertiary/aromatic N) is 2. The molecule has 0 aliphatic carbocycles. The van der Waals surface area contributed by atoms with Gasteiger partial charge in [0, 0.05) is 26.6 Å². The molecule has 0 aromatic carbocycles. The normalized spacial score (nSPS) is 11.2. The molecule has 2 N–H and O–H groups in total. The highest BCUT2D eigenvalue weighted by Crippen LogP contribution is 2.01. The van der Waals surface area contributed by atoms with Gasteiger partial charge in [-0.15, -0.1) is 0 Å². The lowest BCUT2D eigenvalue weighted by Gasteiger charge is -2.20. The van der Waals surface area contributed by atoms with Gasteiger partial charge in [-0.25, -0.2) is 0 Å². The van der Waals surface area contributed by atoms with E-state index in [4.69, 9.17) is 5.73 Å². The highest BCUT2D eigenvalue weighted by molar-refractivity contribution is 5.76. The SMILES string of the molecule is CC(C)CCN(C)CCC(=O)N(C)CCCN. The minimum absolute atomic E-state index is 0.217. The first-order valence-corrected chi connectivity index (χ1v) is 6.60. The number of nitrogens with two attached hydrogens (primary N) is 1. The molecule has 0 fully saturated rings. The average molecular weight is 243 g/mol. The zero-order chi connectivity index (χ0) is 13.3. The number of amides is 1. The molecule has 0 rings (SSSR count). The smallest absolute Gasteiger partial charge is 0.223 e. The van der Waals surface area contributed by atoms with E-state index in [0.717, 1.165) is 32.0 Å². The van der Waals surface area contributed by atoms with Gasteiger partial charge >= 0.3 is 0 Å². The fraction of sp³-hybridized carbons (Fsp3) is 0.923. The van der Waals surface area contributed by atoms with Crippen LogP contribution in [0.4, 0.5) is 0 Å². The Bertz CT molecular complexity index is 207. The fourth-order valence-electron chi connectivity index (χ4n) is 1.52. The Kier molecular flexibility index (Phi) is 9.09. The van der Waals surface area contributed by atoms with E-state index in [2.05, 4.69) is 25.8 Å². The molecular formula is C13H29N3O. The molecule has 0 aromatic heterocycles. The molecule has 0 bridgehead atoms. The van der Waals surface area contributed by atoms with Crippen LogP contribution in [0, 0.1) is 5.92 Å². The molecule has 0 heterocycles. The molecule has 0 aromatic rings. The van der Waals surface area contributed by atoms with Crippen LogP contribution in [-0.4, -0.2) is 56.0 Å². The van der Waals surface area contributed by atoms with Gasteiger partial charge in [0.1, 0.15) is 0 Å². The largest absolute Gasteiger partial charge is 0.346 e. The van der Waals surface area contributed by atoms with Crippen molar-refractivity contribution >= 4 is 5.91 Å². The summed E-state index contributed by atoms with van der Waals surface area (Å²) in [5.74, 6) is 0.940. The topological polar surface area (TPSA) is 49.6 Å². The number of rotatable bonds is 9. The molecule has 1 amide bonds. The third-order valence-electron chi connectivity index (χ3n) is 2.92. The van der Waals surface area contributed by atoms with Gasteiger partial charge in [-0.2, -0.15) is 0 Å². The molecule has 0 unspecified atom stereocenters. The second kappa shape index (κ2) is 9.42. The van der Waals surface area contributed by atoms with E-state index in [1.165, 1.54) is 6.42 Å². The molecule has 0 aliphatic rings. The minimum Gasteiger partial charge on any atom is -0.346 e. The summed E-state index contributed by atoms with van der Waals surface area (Å²) in [5.41, 5.74) is 5.42. The van der Waals surface area contributed by atoms with Crippen LogP contribution < -0.4 is 5.73 Å². The monoisotopic (exact) mass is 243 g/mol. The number of carbonyl (C=O) groups excluding carboxylic acids is 1. The summed E-state index contributed by atoms with van der Waals surface area (Å²) in [4.78, 5) is 15.8. The average Bonchev–Trinajstić information content (AvgIpc) is 2.30. The van der Waals surface area contributed by atoms with Gasteiger partial charge < -0.3 is 15.5 Å². The second-order valence-corrected chi connectivity index (χ2v) is 5.19. The van der Waals surface area contributed by atoms with Crippen LogP contribution in [0.15, 0.2) is 0 Å². The zero-order valence-corrected chi connectivity index (χ0v) is 11.9. The fourth-order valence-corrected chi connectivity index (χ4v) is 1.52. The van der Waals surface area contributed by atoms with Crippen LogP contribution in [0.3, 0.4) is 0 Å². The maximum Gasteiger partial charge on any atom is 0.223 e. The Balaban J connectivity index is 3.67. The van der Waals surface area contributed by atoms with E-state index in [9.17, 15) is 4.79 Å². The minimum atomic E-state index is 0.217. The molecule has 0 saturated heterocycles. The third kappa shape index (κ3) is 9.12. The summed E-state index contributed by atoms with van der Waals surface area (Å²) < 4.78 is 0. The van der Waals surface area contributed by atoms with Crippen molar-refractivity contribution in [2.45, 2.75) is 33.1 Å². The van der Waals surface area contributed by atoms with Gasteiger partial charge in [-0.1, -0.05) is 13.8 Å². The van der Waals surface area contributed by atoms with Crippen molar-refractivity contribution in [3.05, 3.63) is 0 Å². The van der Waals surface area contributed by atoms with E-state index in [-0.39, 0.29) is 5.91 Å². The summed E-state index contributed by atoms with van der Waals surface area (Å²) >= 11 is 0. The summed E-state index contributed by atoms with van der Waals surface area (Å²) in [6.07, 6.45) is 2.68. The van der Waals surface area contributed by atoms with Crippen molar-refractivity contribution in [2.75, 3.05) is 40.3 Å². The van der Waals surface area contributed by atoms with Gasteiger partial charge in [0.25, 0.3) is 0 Å². The lowest BCUT2D eigenvalue weighted by Crippen LogP contribution is -2.32. The van der Waals surface area contributed by atoms with E-state index >= 15 is 0 Å². The van der Waals surface area contributed by atoms with Crippen LogP contribution in [0.25, 0.3) is 0 Å². The predicted octanol–water partition coefficient (Wildman–Crippen LogP) is 1.16. The van der Waals surface area contributed by atoms with Crippen molar-refractivity contribution in [3.63, 3.8) is 0 Å². The van der Waals surface area contributed by atoms with Gasteiger partial charge in [0.15, 0.2) is 0 Å². The lowest BCUT2D eigenvalue weighted by atomic mass is 10.1. The zero-order valence-electron chi connectivity index (χ0n) is 11.9. The van der Waals surface area contributed by atoms with Crippen LogP contribution >= 0.6 is 0 Å². The van der Waals surface area contributed by atoms with Gasteiger partial charge in [0.05, 0.1) is 0 Å². The van der Waals surface area contributed by atoms with Gasteiger partial charge in [-0.3, -0.25) is 4.79 Å². The Morgan fingerprint density at radius 1 is 1.18 bits per heavy atom. The van der Waals surface area contributed by atoms with Crippen molar-refractivity contribution in [1.29, 1.82) is 0 Å². The van der Waals surface area contributed by atoms with Gasteiger partial charge in [0.2, 0.25) is 5.91 Å². The molecule has 102 valence electrons. The van der Waals surface area contributed by atoms with E-state index in [0.29, 0.717) is 13.0 Å². The standard InChI is InChI=1S/C13H29N3O/c1-12(2)6-10-15(3)11-7-13(17)16(4)9-5-8-14/h12H,5-11,14H2,1-4H3. The van der Waals surface area contributed by atoms with E-state index in [1.54, 1.807) is 4.90 Å². The Hall–Kier alpha value is -0.610. The molecular weight excluding hydrogens is 214 g/mol. The molecule has 0 saturated carbocycles. The Morgan fingerprint density at radius 3 is 2.35 bits per heavy atom. The third-order valence-corrected chi connectivity index (χ3v) is 2.92. The molecule has 4 heteroatoms.